The van der Waals surface area contributed by atoms with Gasteiger partial charge in [0.25, 0.3) is 0 Å². The van der Waals surface area contributed by atoms with Gasteiger partial charge in [-0.3, -0.25) is 14.5 Å². The molecule has 7 heteroatoms. The maximum Gasteiger partial charge on any atom is 0.248 e. The summed E-state index contributed by atoms with van der Waals surface area (Å²) in [7, 11) is 3.26. The van der Waals surface area contributed by atoms with Gasteiger partial charge in [-0.25, -0.2) is 0 Å². The number of fused-ring (bicyclic) bond motifs is 1. The van der Waals surface area contributed by atoms with Gasteiger partial charge in [0.2, 0.25) is 11.8 Å². The van der Waals surface area contributed by atoms with E-state index in [0.29, 0.717) is 43.5 Å². The number of methoxy groups -OCH3 is 2. The molecule has 1 aliphatic carbocycles. The predicted molar refractivity (Wildman–Crippen MR) is 117 cm³/mol. The van der Waals surface area contributed by atoms with Gasteiger partial charge in [-0.15, -0.1) is 0 Å². The van der Waals surface area contributed by atoms with Crippen LogP contribution in [0.3, 0.4) is 0 Å². The summed E-state index contributed by atoms with van der Waals surface area (Å²) in [5.41, 5.74) is 9.21. The number of rotatable bonds is 8. The lowest BCUT2D eigenvalue weighted by molar-refractivity contribution is -0.133. The van der Waals surface area contributed by atoms with E-state index >= 15 is 0 Å². The Balaban J connectivity index is 1.42. The Morgan fingerprint density at radius 2 is 1.71 bits per heavy atom. The highest BCUT2D eigenvalue weighted by Gasteiger charge is 2.32. The number of nitrogens with zero attached hydrogens (tertiary/aromatic N) is 2. The Labute approximate surface area is 182 Å². The average Bonchev–Trinajstić information content (AvgIpc) is 3.63. The number of hydrogen-bond donors (Lipinski definition) is 1. The SMILES string of the molecule is COc1cc2c(cc1OC)CN(C(=O)CN(Cc1ccc(C(N)=O)cc1)C1CC1)CC2. The van der Waals surface area contributed by atoms with Crippen molar-refractivity contribution in [1.29, 1.82) is 0 Å². The molecule has 2 aliphatic rings. The zero-order chi connectivity index (χ0) is 22.0. The summed E-state index contributed by atoms with van der Waals surface area (Å²) in [6, 6.07) is 11.8. The van der Waals surface area contributed by atoms with E-state index in [9.17, 15) is 9.59 Å². The molecule has 4 rings (SSSR count). The second-order valence-electron chi connectivity index (χ2n) is 8.24. The molecule has 0 atom stereocenters. The van der Waals surface area contributed by atoms with Gasteiger partial charge in [0, 0.05) is 31.2 Å². The van der Waals surface area contributed by atoms with Crippen LogP contribution in [0.4, 0.5) is 0 Å². The second kappa shape index (κ2) is 8.98. The lowest BCUT2D eigenvalue weighted by Crippen LogP contribution is -2.43. The first-order valence-corrected chi connectivity index (χ1v) is 10.6. The van der Waals surface area contributed by atoms with Crippen molar-refractivity contribution in [3.63, 3.8) is 0 Å². The van der Waals surface area contributed by atoms with Crippen LogP contribution in [0.15, 0.2) is 36.4 Å². The molecule has 0 saturated heterocycles. The van der Waals surface area contributed by atoms with Crippen LogP contribution < -0.4 is 15.2 Å². The standard InChI is InChI=1S/C24H29N3O4/c1-30-21-11-18-9-10-26(14-19(18)12-22(21)31-2)23(28)15-27(20-7-8-20)13-16-3-5-17(6-4-16)24(25)29/h3-6,11-12,20H,7-10,13-15H2,1-2H3,(H2,25,29). The largest absolute Gasteiger partial charge is 0.493 e. The summed E-state index contributed by atoms with van der Waals surface area (Å²) in [6.45, 7) is 2.36. The van der Waals surface area contributed by atoms with Crippen LogP contribution in [-0.2, 0) is 24.3 Å². The molecule has 2 aromatic rings. The topological polar surface area (TPSA) is 85.1 Å². The monoisotopic (exact) mass is 423 g/mol. The van der Waals surface area contributed by atoms with E-state index in [2.05, 4.69) is 4.90 Å². The van der Waals surface area contributed by atoms with Crippen LogP contribution >= 0.6 is 0 Å². The zero-order valence-electron chi connectivity index (χ0n) is 18.1. The lowest BCUT2D eigenvalue weighted by Gasteiger charge is -2.32. The van der Waals surface area contributed by atoms with E-state index < -0.39 is 5.91 Å². The summed E-state index contributed by atoms with van der Waals surface area (Å²) in [6.07, 6.45) is 3.04. The highest BCUT2D eigenvalue weighted by atomic mass is 16.5. The van der Waals surface area contributed by atoms with E-state index in [0.717, 1.165) is 36.1 Å². The van der Waals surface area contributed by atoms with Crippen molar-refractivity contribution in [1.82, 2.24) is 9.80 Å². The van der Waals surface area contributed by atoms with Gasteiger partial charge in [0.1, 0.15) is 0 Å². The summed E-state index contributed by atoms with van der Waals surface area (Å²) in [5, 5.41) is 0. The molecule has 31 heavy (non-hydrogen) atoms. The van der Waals surface area contributed by atoms with Crippen molar-refractivity contribution in [2.24, 2.45) is 5.73 Å². The molecule has 1 aliphatic heterocycles. The molecule has 0 spiro atoms. The first kappa shape index (κ1) is 21.2. The predicted octanol–water partition coefficient (Wildman–Crippen LogP) is 2.35. The molecule has 0 radical (unpaired) electrons. The number of hydrogen-bond acceptors (Lipinski definition) is 5. The van der Waals surface area contributed by atoms with Crippen LogP contribution in [-0.4, -0.2) is 55.0 Å². The molecule has 2 N–H and O–H groups in total. The molecular weight excluding hydrogens is 394 g/mol. The fraction of sp³-hybridized carbons (Fsp3) is 0.417. The normalized spacial score (nSPS) is 15.5. The quantitative estimate of drug-likeness (QED) is 0.705. The number of carbonyl (C=O) groups excluding carboxylic acids is 2. The molecule has 1 saturated carbocycles. The minimum Gasteiger partial charge on any atom is -0.493 e. The van der Waals surface area contributed by atoms with Crippen LogP contribution in [0.1, 0.15) is 39.9 Å². The Bertz CT molecular complexity index is 970. The highest BCUT2D eigenvalue weighted by molar-refractivity contribution is 5.92. The van der Waals surface area contributed by atoms with Crippen molar-refractivity contribution < 1.29 is 19.1 Å². The van der Waals surface area contributed by atoms with Crippen molar-refractivity contribution in [2.75, 3.05) is 27.3 Å². The fourth-order valence-corrected chi connectivity index (χ4v) is 4.13. The number of amides is 2. The van der Waals surface area contributed by atoms with E-state index in [1.54, 1.807) is 26.4 Å². The zero-order valence-corrected chi connectivity index (χ0v) is 18.1. The van der Waals surface area contributed by atoms with Gasteiger partial charge in [0.15, 0.2) is 11.5 Å². The molecular formula is C24H29N3O4. The average molecular weight is 424 g/mol. The van der Waals surface area contributed by atoms with Gasteiger partial charge in [-0.05, 0) is 60.2 Å². The van der Waals surface area contributed by atoms with Crippen molar-refractivity contribution in [3.05, 3.63) is 58.7 Å². The summed E-state index contributed by atoms with van der Waals surface area (Å²) < 4.78 is 10.8. The first-order chi connectivity index (χ1) is 15.0. The third-order valence-corrected chi connectivity index (χ3v) is 6.10. The number of ether oxygens (including phenoxy) is 2. The van der Waals surface area contributed by atoms with E-state index in [4.69, 9.17) is 15.2 Å². The van der Waals surface area contributed by atoms with E-state index in [1.165, 1.54) is 5.56 Å². The van der Waals surface area contributed by atoms with Gasteiger partial charge >= 0.3 is 0 Å². The maximum absolute atomic E-state index is 13.1. The van der Waals surface area contributed by atoms with Crippen LogP contribution in [0, 0.1) is 0 Å². The minimum absolute atomic E-state index is 0.140. The molecule has 2 aromatic carbocycles. The van der Waals surface area contributed by atoms with Crippen LogP contribution in [0.5, 0.6) is 11.5 Å². The van der Waals surface area contributed by atoms with Gasteiger partial charge in [0.05, 0.1) is 20.8 Å². The fourth-order valence-electron chi connectivity index (χ4n) is 4.13. The van der Waals surface area contributed by atoms with Crippen molar-refractivity contribution in [2.45, 2.75) is 38.4 Å². The van der Waals surface area contributed by atoms with E-state index in [1.807, 2.05) is 29.2 Å². The van der Waals surface area contributed by atoms with E-state index in [-0.39, 0.29) is 5.91 Å². The smallest absolute Gasteiger partial charge is 0.248 e. The number of nitrogens with two attached hydrogens (primary N) is 1. The van der Waals surface area contributed by atoms with Gasteiger partial charge in [-0.1, -0.05) is 12.1 Å². The van der Waals surface area contributed by atoms with Gasteiger partial charge in [-0.2, -0.15) is 0 Å². The first-order valence-electron chi connectivity index (χ1n) is 10.6. The number of primary amides is 1. The van der Waals surface area contributed by atoms with Crippen molar-refractivity contribution >= 4 is 11.8 Å². The van der Waals surface area contributed by atoms with Crippen LogP contribution in [0.2, 0.25) is 0 Å². The maximum atomic E-state index is 13.1. The minimum atomic E-state index is -0.430. The molecule has 0 unspecified atom stereocenters. The molecule has 0 bridgehead atoms. The molecule has 7 nitrogen and oxygen atoms in total. The molecule has 1 fully saturated rings. The lowest BCUT2D eigenvalue weighted by atomic mass is 9.98. The molecule has 0 aromatic heterocycles. The summed E-state index contributed by atoms with van der Waals surface area (Å²) >= 11 is 0. The highest BCUT2D eigenvalue weighted by Crippen LogP contribution is 2.33. The summed E-state index contributed by atoms with van der Waals surface area (Å²) in [5.74, 6) is 1.12. The Kier molecular flexibility index (Phi) is 6.13. The third-order valence-electron chi connectivity index (χ3n) is 6.10. The van der Waals surface area contributed by atoms with Gasteiger partial charge < -0.3 is 20.1 Å². The summed E-state index contributed by atoms with van der Waals surface area (Å²) in [4.78, 5) is 28.6. The third kappa shape index (κ3) is 4.82. The molecule has 1 heterocycles. The second-order valence-corrected chi connectivity index (χ2v) is 8.24. The van der Waals surface area contributed by atoms with Crippen molar-refractivity contribution in [3.8, 4) is 11.5 Å². The van der Waals surface area contributed by atoms with Crippen LogP contribution in [0.25, 0.3) is 0 Å². The molecule has 2 amide bonds. The molecule has 164 valence electrons. The Hall–Kier alpha value is -3.06. The Morgan fingerprint density at radius 3 is 2.29 bits per heavy atom. The number of benzene rings is 2. The Morgan fingerprint density at radius 1 is 1.06 bits per heavy atom. The number of carbonyl (C=O) groups is 2.